The topological polar surface area (TPSA) is 58.9 Å². The summed E-state index contributed by atoms with van der Waals surface area (Å²) in [4.78, 5) is 3.98. The first-order valence-electron chi connectivity index (χ1n) is 6.12. The summed E-state index contributed by atoms with van der Waals surface area (Å²) in [6.07, 6.45) is 5.09. The first kappa shape index (κ1) is 13.7. The van der Waals surface area contributed by atoms with Crippen molar-refractivity contribution in [2.75, 3.05) is 0 Å². The van der Waals surface area contributed by atoms with E-state index in [2.05, 4.69) is 20.3 Å². The van der Waals surface area contributed by atoms with Gasteiger partial charge in [-0.05, 0) is 42.0 Å². The van der Waals surface area contributed by atoms with Crippen molar-refractivity contribution in [1.82, 2.24) is 19.9 Å². The van der Waals surface area contributed by atoms with Crippen LogP contribution in [-0.4, -0.2) is 26.1 Å². The van der Waals surface area contributed by atoms with Gasteiger partial charge in [0, 0.05) is 23.0 Å². The van der Waals surface area contributed by atoms with Crippen molar-refractivity contribution >= 4 is 30.0 Å². The van der Waals surface area contributed by atoms with E-state index >= 15 is 0 Å². The molecule has 3 rings (SSSR count). The lowest BCUT2D eigenvalue weighted by molar-refractivity contribution is 0.871. The summed E-state index contributed by atoms with van der Waals surface area (Å²) in [6, 6.07) is 11.1. The Morgan fingerprint density at radius 2 is 1.86 bits per heavy atom. The fourth-order valence-electron chi connectivity index (χ4n) is 1.76. The van der Waals surface area contributed by atoms with E-state index in [0.29, 0.717) is 15.6 Å². The van der Waals surface area contributed by atoms with Gasteiger partial charge in [0.15, 0.2) is 5.82 Å². The highest BCUT2D eigenvalue weighted by Crippen LogP contribution is 2.15. The third-order valence-corrected chi connectivity index (χ3v) is 3.30. The minimum absolute atomic E-state index is 0.423. The molecular weight excluding hydrogens is 306 g/mol. The number of benzene rings is 1. The van der Waals surface area contributed by atoms with Gasteiger partial charge in [-0.2, -0.15) is 14.9 Å². The molecule has 0 aliphatic carbocycles. The van der Waals surface area contributed by atoms with Gasteiger partial charge in [0.25, 0.3) is 0 Å². The molecule has 3 aromatic rings. The monoisotopic (exact) mass is 315 g/mol. The van der Waals surface area contributed by atoms with Gasteiger partial charge in [-0.15, -0.1) is 0 Å². The number of halogens is 1. The van der Waals surface area contributed by atoms with E-state index in [9.17, 15) is 0 Å². The lowest BCUT2D eigenvalue weighted by Gasteiger charge is -2.00. The minimum atomic E-state index is 0.423. The Labute approximate surface area is 130 Å². The quantitative estimate of drug-likeness (QED) is 0.594. The molecule has 1 aromatic carbocycles. The van der Waals surface area contributed by atoms with E-state index in [4.69, 9.17) is 23.8 Å². The summed E-state index contributed by atoms with van der Waals surface area (Å²) in [6.45, 7) is 0. The molecule has 2 aromatic heterocycles. The summed E-state index contributed by atoms with van der Waals surface area (Å²) in [7, 11) is 0. The molecule has 1 N–H and O–H groups in total. The molecule has 21 heavy (non-hydrogen) atoms. The molecule has 0 saturated heterocycles. The Hall–Kier alpha value is -2.31. The number of aromatic amines is 1. The van der Waals surface area contributed by atoms with Gasteiger partial charge >= 0.3 is 0 Å². The van der Waals surface area contributed by atoms with Crippen molar-refractivity contribution in [3.05, 3.63) is 64.1 Å². The molecule has 104 valence electrons. The summed E-state index contributed by atoms with van der Waals surface area (Å²) in [5, 5.41) is 12.0. The van der Waals surface area contributed by atoms with E-state index in [1.54, 1.807) is 35.4 Å². The zero-order valence-electron chi connectivity index (χ0n) is 10.8. The predicted octanol–water partition coefficient (Wildman–Crippen LogP) is 3.54. The third-order valence-electron chi connectivity index (χ3n) is 2.78. The Balaban J connectivity index is 1.98. The van der Waals surface area contributed by atoms with Crippen molar-refractivity contribution in [3.8, 4) is 11.4 Å². The van der Waals surface area contributed by atoms with Crippen LogP contribution in [0.25, 0.3) is 11.4 Å². The molecule has 0 saturated carbocycles. The molecular formula is C14H10ClN5S. The zero-order valence-corrected chi connectivity index (χ0v) is 12.3. The lowest BCUT2D eigenvalue weighted by Crippen LogP contribution is -1.95. The van der Waals surface area contributed by atoms with E-state index in [1.807, 2.05) is 24.3 Å². The second-order valence-electron chi connectivity index (χ2n) is 4.20. The standard InChI is InChI=1S/C14H10ClN5S/c15-12-3-1-10(2-4-12)9-17-20-13(18-19-14(20)21)11-5-7-16-8-6-11/h1-9H,(H,19,21)/b17-9+. The molecule has 5 nitrogen and oxygen atoms in total. The number of pyridine rings is 1. The summed E-state index contributed by atoms with van der Waals surface area (Å²) >= 11 is 11.1. The molecule has 0 unspecified atom stereocenters. The fourth-order valence-corrected chi connectivity index (χ4v) is 2.07. The van der Waals surface area contributed by atoms with Crippen LogP contribution >= 0.6 is 23.8 Å². The smallest absolute Gasteiger partial charge is 0.216 e. The number of hydrogen-bond donors (Lipinski definition) is 1. The largest absolute Gasteiger partial charge is 0.265 e. The van der Waals surface area contributed by atoms with Crippen molar-refractivity contribution in [3.63, 3.8) is 0 Å². The molecule has 7 heteroatoms. The molecule has 0 bridgehead atoms. The van der Waals surface area contributed by atoms with Gasteiger partial charge in [0.2, 0.25) is 4.77 Å². The van der Waals surface area contributed by atoms with Crippen LogP contribution in [0.15, 0.2) is 53.9 Å². The maximum atomic E-state index is 5.85. The third kappa shape index (κ3) is 3.07. The highest BCUT2D eigenvalue weighted by atomic mass is 35.5. The van der Waals surface area contributed by atoms with Crippen LogP contribution in [0.1, 0.15) is 5.56 Å². The number of nitrogens with zero attached hydrogens (tertiary/aromatic N) is 4. The van der Waals surface area contributed by atoms with Crippen LogP contribution in [-0.2, 0) is 0 Å². The van der Waals surface area contributed by atoms with Gasteiger partial charge in [0.1, 0.15) is 0 Å². The Morgan fingerprint density at radius 1 is 1.14 bits per heavy atom. The van der Waals surface area contributed by atoms with Gasteiger partial charge in [-0.25, -0.2) is 5.10 Å². The van der Waals surface area contributed by atoms with Crippen LogP contribution in [0.4, 0.5) is 0 Å². The molecule has 0 atom stereocenters. The van der Waals surface area contributed by atoms with Crippen molar-refractivity contribution in [2.45, 2.75) is 0 Å². The summed E-state index contributed by atoms with van der Waals surface area (Å²) in [5.41, 5.74) is 1.80. The maximum Gasteiger partial charge on any atom is 0.216 e. The fraction of sp³-hybridized carbons (Fsp3) is 0. The normalized spacial score (nSPS) is 11.1. The SMILES string of the molecule is S=c1[nH]nc(-c2ccncc2)n1/N=C/c1ccc(Cl)cc1. The number of nitrogens with one attached hydrogen (secondary N) is 1. The molecule has 0 amide bonds. The number of hydrogen-bond acceptors (Lipinski definition) is 4. The Bertz CT molecular complexity index is 821. The van der Waals surface area contributed by atoms with Crippen molar-refractivity contribution in [1.29, 1.82) is 0 Å². The van der Waals surface area contributed by atoms with Crippen LogP contribution in [0.5, 0.6) is 0 Å². The van der Waals surface area contributed by atoms with Crippen LogP contribution in [0.2, 0.25) is 5.02 Å². The Morgan fingerprint density at radius 3 is 2.57 bits per heavy atom. The van der Waals surface area contributed by atoms with E-state index in [-0.39, 0.29) is 0 Å². The second-order valence-corrected chi connectivity index (χ2v) is 5.02. The minimum Gasteiger partial charge on any atom is -0.265 e. The average molecular weight is 316 g/mol. The summed E-state index contributed by atoms with van der Waals surface area (Å²) in [5.74, 6) is 0.632. The molecule has 0 radical (unpaired) electrons. The van der Waals surface area contributed by atoms with Crippen molar-refractivity contribution < 1.29 is 0 Å². The number of H-pyrrole nitrogens is 1. The zero-order chi connectivity index (χ0) is 14.7. The van der Waals surface area contributed by atoms with Gasteiger partial charge in [0.05, 0.1) is 6.21 Å². The first-order chi connectivity index (χ1) is 10.2. The molecule has 0 aliphatic rings. The first-order valence-corrected chi connectivity index (χ1v) is 6.90. The van der Waals surface area contributed by atoms with Gasteiger partial charge in [-0.3, -0.25) is 4.98 Å². The highest BCUT2D eigenvalue weighted by molar-refractivity contribution is 7.71. The molecule has 0 fully saturated rings. The van der Waals surface area contributed by atoms with Gasteiger partial charge < -0.3 is 0 Å². The average Bonchev–Trinajstić information content (AvgIpc) is 2.89. The number of rotatable bonds is 3. The number of aromatic nitrogens is 4. The summed E-state index contributed by atoms with van der Waals surface area (Å²) < 4.78 is 1.99. The highest BCUT2D eigenvalue weighted by Gasteiger charge is 2.07. The van der Waals surface area contributed by atoms with Crippen LogP contribution in [0, 0.1) is 4.77 Å². The Kier molecular flexibility index (Phi) is 3.89. The van der Waals surface area contributed by atoms with E-state index in [1.165, 1.54) is 0 Å². The van der Waals surface area contributed by atoms with E-state index in [0.717, 1.165) is 11.1 Å². The van der Waals surface area contributed by atoms with Crippen LogP contribution < -0.4 is 0 Å². The molecule has 0 spiro atoms. The lowest BCUT2D eigenvalue weighted by atomic mass is 10.2. The van der Waals surface area contributed by atoms with Crippen molar-refractivity contribution in [2.24, 2.45) is 5.10 Å². The van der Waals surface area contributed by atoms with Gasteiger partial charge in [-0.1, -0.05) is 23.7 Å². The molecule has 0 aliphatic heterocycles. The second kappa shape index (κ2) is 5.99. The predicted molar refractivity (Wildman–Crippen MR) is 85.1 cm³/mol. The van der Waals surface area contributed by atoms with E-state index < -0.39 is 0 Å². The maximum absolute atomic E-state index is 5.85. The molecule has 2 heterocycles. The van der Waals surface area contributed by atoms with Crippen LogP contribution in [0.3, 0.4) is 0 Å².